The van der Waals surface area contributed by atoms with E-state index in [9.17, 15) is 4.39 Å². The van der Waals surface area contributed by atoms with E-state index in [2.05, 4.69) is 50.2 Å². The average Bonchev–Trinajstić information content (AvgIpc) is 2.64. The topological polar surface area (TPSA) is 0 Å². The Morgan fingerprint density at radius 1 is 0.880 bits per heavy atom. The van der Waals surface area contributed by atoms with Crippen LogP contribution in [0.25, 0.3) is 0 Å². The SMILES string of the molecule is CCCc1ccc(CC(F)c2ccc(C3CCC(C)CC3)cc2)cc1. The van der Waals surface area contributed by atoms with Gasteiger partial charge in [0.15, 0.2) is 0 Å². The highest BCUT2D eigenvalue weighted by molar-refractivity contribution is 5.29. The largest absolute Gasteiger partial charge is 0.242 e. The van der Waals surface area contributed by atoms with Gasteiger partial charge in [0.25, 0.3) is 0 Å². The number of hydrogen-bond acceptors (Lipinski definition) is 0. The monoisotopic (exact) mass is 338 g/mol. The Labute approximate surface area is 152 Å². The molecule has 0 N–H and O–H groups in total. The van der Waals surface area contributed by atoms with Gasteiger partial charge in [0.05, 0.1) is 0 Å². The molecule has 1 atom stereocenters. The first-order valence-electron chi connectivity index (χ1n) is 9.97. The maximum Gasteiger partial charge on any atom is 0.129 e. The molecule has 1 unspecified atom stereocenters. The molecule has 1 aliphatic carbocycles. The molecule has 0 bridgehead atoms. The van der Waals surface area contributed by atoms with Crippen LogP contribution in [0.3, 0.4) is 0 Å². The van der Waals surface area contributed by atoms with Crippen LogP contribution in [0.15, 0.2) is 48.5 Å². The predicted molar refractivity (Wildman–Crippen MR) is 105 cm³/mol. The molecule has 3 rings (SSSR count). The van der Waals surface area contributed by atoms with Gasteiger partial charge in [-0.25, -0.2) is 4.39 Å². The molecule has 0 amide bonds. The minimum absolute atomic E-state index is 0.465. The summed E-state index contributed by atoms with van der Waals surface area (Å²) in [5, 5.41) is 0. The summed E-state index contributed by atoms with van der Waals surface area (Å²) in [5.41, 5.74) is 4.63. The molecule has 0 aromatic heterocycles. The fraction of sp³-hybridized carbons (Fsp3) is 0.500. The van der Waals surface area contributed by atoms with E-state index in [4.69, 9.17) is 0 Å². The van der Waals surface area contributed by atoms with Gasteiger partial charge in [-0.05, 0) is 53.4 Å². The van der Waals surface area contributed by atoms with Crippen molar-refractivity contribution in [3.05, 3.63) is 70.8 Å². The van der Waals surface area contributed by atoms with Crippen molar-refractivity contribution in [2.75, 3.05) is 0 Å². The maximum atomic E-state index is 14.7. The quantitative estimate of drug-likeness (QED) is 0.523. The summed E-state index contributed by atoms with van der Waals surface area (Å²) < 4.78 is 14.7. The van der Waals surface area contributed by atoms with Gasteiger partial charge in [0.1, 0.15) is 6.17 Å². The Morgan fingerprint density at radius 2 is 1.48 bits per heavy atom. The standard InChI is InChI=1S/C24H31F/c1-3-4-19-7-9-20(10-8-19)17-24(25)23-15-13-22(14-16-23)21-11-5-18(2)6-12-21/h7-10,13-16,18,21,24H,3-6,11-12,17H2,1-2H3. The minimum Gasteiger partial charge on any atom is -0.242 e. The van der Waals surface area contributed by atoms with Crippen molar-refractivity contribution in [3.63, 3.8) is 0 Å². The lowest BCUT2D eigenvalue weighted by Crippen LogP contribution is -2.10. The predicted octanol–water partition coefficient (Wildman–Crippen LogP) is 7.19. The van der Waals surface area contributed by atoms with E-state index < -0.39 is 6.17 Å². The van der Waals surface area contributed by atoms with Crippen LogP contribution in [0.4, 0.5) is 4.39 Å². The van der Waals surface area contributed by atoms with Crippen LogP contribution in [-0.4, -0.2) is 0 Å². The van der Waals surface area contributed by atoms with Gasteiger partial charge in [-0.1, -0.05) is 81.6 Å². The van der Waals surface area contributed by atoms with E-state index in [1.807, 2.05) is 12.1 Å². The average molecular weight is 339 g/mol. The molecule has 1 heteroatoms. The number of hydrogen-bond donors (Lipinski definition) is 0. The lowest BCUT2D eigenvalue weighted by atomic mass is 9.79. The molecular formula is C24H31F. The van der Waals surface area contributed by atoms with Crippen molar-refractivity contribution in [2.45, 2.75) is 70.9 Å². The first-order chi connectivity index (χ1) is 12.2. The molecule has 0 heterocycles. The number of halogens is 1. The molecule has 134 valence electrons. The van der Waals surface area contributed by atoms with Crippen LogP contribution in [0.2, 0.25) is 0 Å². The van der Waals surface area contributed by atoms with Crippen LogP contribution < -0.4 is 0 Å². The number of aryl methyl sites for hydroxylation is 1. The fourth-order valence-corrected chi connectivity index (χ4v) is 4.03. The van der Waals surface area contributed by atoms with Gasteiger partial charge in [-0.3, -0.25) is 0 Å². The van der Waals surface area contributed by atoms with Gasteiger partial charge in [0.2, 0.25) is 0 Å². The molecular weight excluding hydrogens is 307 g/mol. The van der Waals surface area contributed by atoms with Crippen LogP contribution >= 0.6 is 0 Å². The number of rotatable bonds is 6. The van der Waals surface area contributed by atoms with Crippen molar-refractivity contribution in [1.29, 1.82) is 0 Å². The third-order valence-corrected chi connectivity index (χ3v) is 5.76. The Hall–Kier alpha value is -1.63. The molecule has 1 saturated carbocycles. The molecule has 0 radical (unpaired) electrons. The highest BCUT2D eigenvalue weighted by atomic mass is 19.1. The zero-order valence-electron chi connectivity index (χ0n) is 15.7. The van der Waals surface area contributed by atoms with Crippen LogP contribution in [0.1, 0.15) is 80.3 Å². The molecule has 2 aromatic carbocycles. The third-order valence-electron chi connectivity index (χ3n) is 5.76. The zero-order chi connectivity index (χ0) is 17.6. The second-order valence-electron chi connectivity index (χ2n) is 7.86. The molecule has 0 saturated heterocycles. The smallest absolute Gasteiger partial charge is 0.129 e. The number of alkyl halides is 1. The summed E-state index contributed by atoms with van der Waals surface area (Å²) in [4.78, 5) is 0. The highest BCUT2D eigenvalue weighted by Crippen LogP contribution is 2.36. The molecule has 0 spiro atoms. The van der Waals surface area contributed by atoms with Gasteiger partial charge in [-0.2, -0.15) is 0 Å². The van der Waals surface area contributed by atoms with Crippen LogP contribution in [0.5, 0.6) is 0 Å². The van der Waals surface area contributed by atoms with E-state index in [0.717, 1.165) is 29.9 Å². The Morgan fingerprint density at radius 3 is 2.08 bits per heavy atom. The van der Waals surface area contributed by atoms with Crippen LogP contribution in [0, 0.1) is 5.92 Å². The van der Waals surface area contributed by atoms with Crippen molar-refractivity contribution in [3.8, 4) is 0 Å². The van der Waals surface area contributed by atoms with E-state index in [1.165, 1.54) is 36.8 Å². The second-order valence-corrected chi connectivity index (χ2v) is 7.86. The third kappa shape index (κ3) is 4.93. The normalized spacial score (nSPS) is 21.9. The Balaban J connectivity index is 1.59. The summed E-state index contributed by atoms with van der Waals surface area (Å²) in [6.07, 6.45) is 7.01. The van der Waals surface area contributed by atoms with Crippen LogP contribution in [-0.2, 0) is 12.8 Å². The Bertz CT molecular complexity index is 633. The van der Waals surface area contributed by atoms with Crippen molar-refractivity contribution < 1.29 is 4.39 Å². The first-order valence-corrected chi connectivity index (χ1v) is 9.97. The van der Waals surface area contributed by atoms with E-state index in [1.54, 1.807) is 0 Å². The molecule has 25 heavy (non-hydrogen) atoms. The maximum absolute atomic E-state index is 14.7. The Kier molecular flexibility index (Phi) is 6.29. The highest BCUT2D eigenvalue weighted by Gasteiger charge is 2.20. The summed E-state index contributed by atoms with van der Waals surface area (Å²) in [6, 6.07) is 16.8. The van der Waals surface area contributed by atoms with Gasteiger partial charge in [-0.15, -0.1) is 0 Å². The minimum atomic E-state index is -0.919. The summed E-state index contributed by atoms with van der Waals surface area (Å²) in [7, 11) is 0. The van der Waals surface area contributed by atoms with Crippen molar-refractivity contribution in [1.82, 2.24) is 0 Å². The summed E-state index contributed by atoms with van der Waals surface area (Å²) >= 11 is 0. The van der Waals surface area contributed by atoms with Gasteiger partial charge >= 0.3 is 0 Å². The molecule has 0 aliphatic heterocycles. The second kappa shape index (κ2) is 8.65. The van der Waals surface area contributed by atoms with E-state index >= 15 is 0 Å². The number of benzene rings is 2. The lowest BCUT2D eigenvalue weighted by molar-refractivity contribution is 0.340. The van der Waals surface area contributed by atoms with Crippen molar-refractivity contribution in [2.24, 2.45) is 5.92 Å². The van der Waals surface area contributed by atoms with E-state index in [-0.39, 0.29) is 0 Å². The lowest BCUT2D eigenvalue weighted by Gasteiger charge is -2.26. The molecule has 0 nitrogen and oxygen atoms in total. The zero-order valence-corrected chi connectivity index (χ0v) is 15.7. The first kappa shape index (κ1) is 18.2. The fourth-order valence-electron chi connectivity index (χ4n) is 4.03. The van der Waals surface area contributed by atoms with Gasteiger partial charge < -0.3 is 0 Å². The molecule has 1 fully saturated rings. The molecule has 2 aromatic rings. The van der Waals surface area contributed by atoms with Crippen molar-refractivity contribution >= 4 is 0 Å². The van der Waals surface area contributed by atoms with Gasteiger partial charge in [0, 0.05) is 6.42 Å². The summed E-state index contributed by atoms with van der Waals surface area (Å²) in [6.45, 7) is 4.53. The summed E-state index contributed by atoms with van der Waals surface area (Å²) in [5.74, 6) is 1.55. The van der Waals surface area contributed by atoms with E-state index in [0.29, 0.717) is 12.3 Å². The molecule has 1 aliphatic rings.